The van der Waals surface area contributed by atoms with Gasteiger partial charge < -0.3 is 24.7 Å². The SMILES string of the molecule is CCc1cc2c(N3CCN(C(=O)c4cccc(-c5cccc(C#N)c5)c4)CC3)nc(OC[C@H](O)CO)nc2s1. The van der Waals surface area contributed by atoms with Gasteiger partial charge in [-0.2, -0.15) is 15.2 Å². The number of hydrogen-bond donors (Lipinski definition) is 2. The number of thiophene rings is 1. The van der Waals surface area contributed by atoms with Gasteiger partial charge in [0.1, 0.15) is 23.4 Å². The molecule has 4 aromatic rings. The summed E-state index contributed by atoms with van der Waals surface area (Å²) in [5.74, 6) is 0.711. The summed E-state index contributed by atoms with van der Waals surface area (Å²) in [5.41, 5.74) is 2.97. The number of ether oxygens (including phenoxy) is 1. The molecule has 0 spiro atoms. The molecule has 0 saturated carbocycles. The van der Waals surface area contributed by atoms with Gasteiger partial charge in [0.15, 0.2) is 0 Å². The molecule has 1 saturated heterocycles. The lowest BCUT2D eigenvalue weighted by Crippen LogP contribution is -2.49. The maximum Gasteiger partial charge on any atom is 0.319 e. The lowest BCUT2D eigenvalue weighted by Gasteiger charge is -2.35. The number of nitrogens with zero attached hydrogens (tertiary/aromatic N) is 5. The van der Waals surface area contributed by atoms with Gasteiger partial charge in [0.05, 0.1) is 23.6 Å². The van der Waals surface area contributed by atoms with Gasteiger partial charge in [0.25, 0.3) is 5.91 Å². The number of rotatable bonds is 8. The number of piperazine rings is 1. The van der Waals surface area contributed by atoms with Crippen LogP contribution in [0.15, 0.2) is 54.6 Å². The van der Waals surface area contributed by atoms with E-state index in [2.05, 4.69) is 33.9 Å². The zero-order chi connectivity index (χ0) is 27.4. The number of aliphatic hydroxyl groups is 2. The smallest absolute Gasteiger partial charge is 0.319 e. The fraction of sp³-hybridized carbons (Fsp3) is 0.310. The highest BCUT2D eigenvalue weighted by Crippen LogP contribution is 2.33. The Morgan fingerprint density at radius 1 is 1.10 bits per heavy atom. The molecule has 5 rings (SSSR count). The highest BCUT2D eigenvalue weighted by molar-refractivity contribution is 7.18. The molecule has 2 aromatic heterocycles. The summed E-state index contributed by atoms with van der Waals surface area (Å²) in [6.45, 7) is 3.84. The van der Waals surface area contributed by atoms with Crippen molar-refractivity contribution >= 4 is 33.3 Å². The average Bonchev–Trinajstić information content (AvgIpc) is 3.42. The topological polar surface area (TPSA) is 123 Å². The first-order valence-corrected chi connectivity index (χ1v) is 13.7. The Kier molecular flexibility index (Phi) is 8.02. The molecule has 0 radical (unpaired) electrons. The molecule has 1 fully saturated rings. The predicted molar refractivity (Wildman–Crippen MR) is 150 cm³/mol. The molecule has 0 aliphatic carbocycles. The largest absolute Gasteiger partial charge is 0.461 e. The van der Waals surface area contributed by atoms with Crippen LogP contribution in [0.2, 0.25) is 0 Å². The fourth-order valence-electron chi connectivity index (χ4n) is 4.54. The van der Waals surface area contributed by atoms with Crippen LogP contribution in [0.3, 0.4) is 0 Å². The van der Waals surface area contributed by atoms with E-state index in [4.69, 9.17) is 9.84 Å². The number of hydrogen-bond acceptors (Lipinski definition) is 9. The van der Waals surface area contributed by atoms with Gasteiger partial charge in [-0.1, -0.05) is 31.2 Å². The Bertz CT molecular complexity index is 1520. The number of aromatic nitrogens is 2. The summed E-state index contributed by atoms with van der Waals surface area (Å²) in [4.78, 5) is 28.5. The first-order valence-electron chi connectivity index (χ1n) is 12.9. The number of aliphatic hydroxyl groups excluding tert-OH is 2. The quantitative estimate of drug-likeness (QED) is 0.346. The normalized spacial score (nSPS) is 14.3. The van der Waals surface area contributed by atoms with Crippen LogP contribution in [-0.4, -0.2) is 76.5 Å². The Morgan fingerprint density at radius 3 is 2.56 bits per heavy atom. The first-order chi connectivity index (χ1) is 19.0. The van der Waals surface area contributed by atoms with E-state index in [9.17, 15) is 15.2 Å². The van der Waals surface area contributed by atoms with Crippen molar-refractivity contribution in [2.24, 2.45) is 0 Å². The van der Waals surface area contributed by atoms with Crippen molar-refractivity contribution in [2.45, 2.75) is 19.4 Å². The van der Waals surface area contributed by atoms with E-state index in [1.54, 1.807) is 17.4 Å². The first kappa shape index (κ1) is 26.6. The van der Waals surface area contributed by atoms with E-state index < -0.39 is 12.7 Å². The summed E-state index contributed by atoms with van der Waals surface area (Å²) >= 11 is 1.58. The van der Waals surface area contributed by atoms with Crippen LogP contribution in [-0.2, 0) is 6.42 Å². The zero-order valence-electron chi connectivity index (χ0n) is 21.6. The van der Waals surface area contributed by atoms with Crippen LogP contribution >= 0.6 is 11.3 Å². The maximum atomic E-state index is 13.4. The van der Waals surface area contributed by atoms with Crippen molar-refractivity contribution in [2.75, 3.05) is 44.3 Å². The molecule has 2 aromatic carbocycles. The maximum absolute atomic E-state index is 13.4. The second-order valence-corrected chi connectivity index (χ2v) is 10.4. The molecule has 200 valence electrons. The van der Waals surface area contributed by atoms with Crippen LogP contribution < -0.4 is 9.64 Å². The third kappa shape index (κ3) is 5.86. The molecular weight excluding hydrogens is 514 g/mol. The molecule has 1 aliphatic heterocycles. The number of anilines is 1. The molecule has 0 bridgehead atoms. The van der Waals surface area contributed by atoms with Crippen molar-refractivity contribution in [3.05, 3.63) is 70.6 Å². The fourth-order valence-corrected chi connectivity index (χ4v) is 5.50. The van der Waals surface area contributed by atoms with Gasteiger partial charge in [0.2, 0.25) is 0 Å². The monoisotopic (exact) mass is 543 g/mol. The highest BCUT2D eigenvalue weighted by atomic mass is 32.1. The highest BCUT2D eigenvalue weighted by Gasteiger charge is 2.26. The summed E-state index contributed by atoms with van der Waals surface area (Å²) in [5, 5.41) is 29.0. The number of aryl methyl sites for hydroxylation is 1. The third-order valence-corrected chi connectivity index (χ3v) is 7.84. The Labute approximate surface area is 230 Å². The number of benzene rings is 2. The van der Waals surface area contributed by atoms with E-state index in [1.807, 2.05) is 47.4 Å². The van der Waals surface area contributed by atoms with Crippen molar-refractivity contribution in [1.29, 1.82) is 5.26 Å². The molecule has 1 atom stereocenters. The third-order valence-electron chi connectivity index (χ3n) is 6.67. The molecule has 1 amide bonds. The van der Waals surface area contributed by atoms with Crippen molar-refractivity contribution in [3.8, 4) is 23.2 Å². The summed E-state index contributed by atoms with van der Waals surface area (Å²) in [6.07, 6.45) is -0.132. The van der Waals surface area contributed by atoms with E-state index >= 15 is 0 Å². The minimum atomic E-state index is -1.01. The van der Waals surface area contributed by atoms with Gasteiger partial charge in [0, 0.05) is 36.6 Å². The van der Waals surface area contributed by atoms with Crippen molar-refractivity contribution in [1.82, 2.24) is 14.9 Å². The lowest BCUT2D eigenvalue weighted by atomic mass is 10.0. The van der Waals surface area contributed by atoms with E-state index in [1.165, 1.54) is 4.88 Å². The minimum absolute atomic E-state index is 0.0356. The van der Waals surface area contributed by atoms with E-state index in [-0.39, 0.29) is 18.5 Å². The second kappa shape index (κ2) is 11.8. The molecular formula is C29H29N5O4S. The van der Waals surface area contributed by atoms with Gasteiger partial charge in [-0.15, -0.1) is 11.3 Å². The van der Waals surface area contributed by atoms with Gasteiger partial charge in [-0.05, 0) is 47.9 Å². The Hall–Kier alpha value is -4.04. The molecule has 3 heterocycles. The number of amides is 1. The predicted octanol–water partition coefficient (Wildman–Crippen LogP) is 3.49. The lowest BCUT2D eigenvalue weighted by molar-refractivity contribution is 0.0506. The van der Waals surface area contributed by atoms with Crippen LogP contribution in [0.1, 0.15) is 27.7 Å². The number of carbonyl (C=O) groups excluding carboxylic acids is 1. The van der Waals surface area contributed by atoms with Crippen LogP contribution in [0.25, 0.3) is 21.3 Å². The Morgan fingerprint density at radius 2 is 1.85 bits per heavy atom. The average molecular weight is 544 g/mol. The number of nitriles is 1. The standard InChI is InChI=1S/C29H29N5O4S/c1-2-24-15-25-26(31-29(32-27(25)39-24)38-18-23(36)17-35)33-9-11-34(12-10-33)28(37)22-8-4-7-21(14-22)20-6-3-5-19(13-20)16-30/h3-8,13-15,23,35-36H,2,9-12,17-18H2,1H3/t23-/m1/s1. The van der Waals surface area contributed by atoms with Crippen molar-refractivity contribution in [3.63, 3.8) is 0 Å². The summed E-state index contributed by atoms with van der Waals surface area (Å²) in [6, 6.07) is 19.3. The molecule has 9 nitrogen and oxygen atoms in total. The molecule has 2 N–H and O–H groups in total. The molecule has 0 unspecified atom stereocenters. The second-order valence-electron chi connectivity index (χ2n) is 9.31. The Balaban J connectivity index is 1.32. The van der Waals surface area contributed by atoms with Crippen LogP contribution in [0.4, 0.5) is 5.82 Å². The molecule has 10 heteroatoms. The van der Waals surface area contributed by atoms with Crippen LogP contribution in [0.5, 0.6) is 6.01 Å². The number of carbonyl (C=O) groups is 1. The van der Waals surface area contributed by atoms with Gasteiger partial charge >= 0.3 is 6.01 Å². The van der Waals surface area contributed by atoms with Crippen LogP contribution in [0, 0.1) is 11.3 Å². The van der Waals surface area contributed by atoms with E-state index in [0.29, 0.717) is 37.3 Å². The van der Waals surface area contributed by atoms with E-state index in [0.717, 1.165) is 33.6 Å². The molecule has 39 heavy (non-hydrogen) atoms. The summed E-state index contributed by atoms with van der Waals surface area (Å²) in [7, 11) is 0. The number of fused-ring (bicyclic) bond motifs is 1. The zero-order valence-corrected chi connectivity index (χ0v) is 22.4. The van der Waals surface area contributed by atoms with Crippen molar-refractivity contribution < 1.29 is 19.7 Å². The van der Waals surface area contributed by atoms with Gasteiger partial charge in [-0.3, -0.25) is 4.79 Å². The minimum Gasteiger partial charge on any atom is -0.461 e. The van der Waals surface area contributed by atoms with Gasteiger partial charge in [-0.25, -0.2) is 0 Å². The molecule has 1 aliphatic rings. The summed E-state index contributed by atoms with van der Waals surface area (Å²) < 4.78 is 5.59.